The van der Waals surface area contributed by atoms with Crippen LogP contribution in [-0.2, 0) is 16.6 Å². The van der Waals surface area contributed by atoms with Crippen LogP contribution in [0.2, 0.25) is 5.02 Å². The average Bonchev–Trinajstić information content (AvgIpc) is 3.11. The second-order valence-electron chi connectivity index (χ2n) is 5.52. The third-order valence-corrected chi connectivity index (χ3v) is 6.53. The maximum Gasteiger partial charge on any atom is 0.240 e. The van der Waals surface area contributed by atoms with Crippen molar-refractivity contribution in [1.29, 1.82) is 0 Å². The number of hydrogen-bond acceptors (Lipinski definition) is 4. The van der Waals surface area contributed by atoms with Crippen LogP contribution >= 0.6 is 22.9 Å². The van der Waals surface area contributed by atoms with E-state index in [0.717, 1.165) is 33.5 Å². The largest absolute Gasteiger partial charge is 0.383 e. The van der Waals surface area contributed by atoms with Gasteiger partial charge in [0, 0.05) is 16.3 Å². The predicted octanol–water partition coefficient (Wildman–Crippen LogP) is 4.10. The minimum absolute atomic E-state index is 0.0590. The molecule has 3 aromatic rings. The molecule has 3 rings (SSSR count). The summed E-state index contributed by atoms with van der Waals surface area (Å²) >= 11 is 6.95. The predicted molar refractivity (Wildman–Crippen MR) is 100 cm³/mol. The Bertz CT molecular complexity index is 1010. The van der Waals surface area contributed by atoms with Crippen LogP contribution in [-0.4, -0.2) is 13.5 Å². The molecule has 1 atom stereocenters. The molecule has 0 aliphatic carbocycles. The third kappa shape index (κ3) is 4.31. The highest BCUT2D eigenvalue weighted by Crippen LogP contribution is 2.28. The highest BCUT2D eigenvalue weighted by atomic mass is 35.5. The Morgan fingerprint density at radius 3 is 2.54 bits per heavy atom. The van der Waals surface area contributed by atoms with E-state index in [1.807, 2.05) is 30.3 Å². The number of nitrogens with one attached hydrogen (secondary N) is 1. The Balaban J connectivity index is 1.70. The van der Waals surface area contributed by atoms with E-state index in [2.05, 4.69) is 4.72 Å². The Kier molecular flexibility index (Phi) is 5.74. The van der Waals surface area contributed by atoms with Crippen LogP contribution in [0.25, 0.3) is 0 Å². The summed E-state index contributed by atoms with van der Waals surface area (Å²) in [5, 5.41) is 10.1. The van der Waals surface area contributed by atoms with Crippen LogP contribution in [0.4, 0.5) is 4.39 Å². The maximum atomic E-state index is 13.2. The molecule has 0 aliphatic heterocycles. The van der Waals surface area contributed by atoms with Crippen molar-refractivity contribution in [3.05, 3.63) is 86.8 Å². The smallest absolute Gasteiger partial charge is 0.240 e. The number of rotatable bonds is 6. The lowest BCUT2D eigenvalue weighted by molar-refractivity contribution is 0.224. The van der Waals surface area contributed by atoms with E-state index >= 15 is 0 Å². The summed E-state index contributed by atoms with van der Waals surface area (Å²) < 4.78 is 40.2. The Labute approximate surface area is 159 Å². The van der Waals surface area contributed by atoms with E-state index in [4.69, 9.17) is 11.6 Å². The van der Waals surface area contributed by atoms with Crippen LogP contribution in [0.15, 0.2) is 65.6 Å². The van der Waals surface area contributed by atoms with Gasteiger partial charge in [-0.2, -0.15) is 0 Å². The van der Waals surface area contributed by atoms with Gasteiger partial charge in [0.15, 0.2) is 0 Å². The maximum absolute atomic E-state index is 13.2. The molecule has 0 bridgehead atoms. The lowest BCUT2D eigenvalue weighted by Gasteiger charge is -2.08. The summed E-state index contributed by atoms with van der Waals surface area (Å²) in [6, 6.07) is 16.0. The molecule has 0 aliphatic rings. The first kappa shape index (κ1) is 19.0. The number of sulfonamides is 1. The topological polar surface area (TPSA) is 66.4 Å². The molecule has 8 heteroatoms. The van der Waals surface area contributed by atoms with Crippen molar-refractivity contribution in [2.75, 3.05) is 0 Å². The van der Waals surface area contributed by atoms with Gasteiger partial charge in [-0.05, 0) is 35.9 Å². The first-order chi connectivity index (χ1) is 12.4. The molecule has 136 valence electrons. The number of halogens is 2. The summed E-state index contributed by atoms with van der Waals surface area (Å²) in [4.78, 5) is 1.35. The second kappa shape index (κ2) is 7.85. The lowest BCUT2D eigenvalue weighted by Crippen LogP contribution is -2.22. The molecule has 2 N–H and O–H groups in total. The highest BCUT2D eigenvalue weighted by Gasteiger charge is 2.17. The SMILES string of the molecule is O=S(=O)(NCc1ccc(C(O)c2ccccc2)s1)c1ccc(F)c(Cl)c1. The zero-order valence-electron chi connectivity index (χ0n) is 13.4. The molecule has 1 aromatic heterocycles. The van der Waals surface area contributed by atoms with Gasteiger partial charge < -0.3 is 5.11 Å². The zero-order chi connectivity index (χ0) is 18.7. The molecule has 0 spiro atoms. The van der Waals surface area contributed by atoms with Crippen molar-refractivity contribution in [2.24, 2.45) is 0 Å². The van der Waals surface area contributed by atoms with Gasteiger partial charge in [-0.25, -0.2) is 17.5 Å². The third-order valence-electron chi connectivity index (χ3n) is 3.71. The minimum atomic E-state index is -3.82. The van der Waals surface area contributed by atoms with Crippen LogP contribution in [0, 0.1) is 5.82 Å². The van der Waals surface area contributed by atoms with Crippen molar-refractivity contribution in [3.63, 3.8) is 0 Å². The quantitative estimate of drug-likeness (QED) is 0.641. The van der Waals surface area contributed by atoms with Crippen LogP contribution in [0.5, 0.6) is 0 Å². The molecule has 26 heavy (non-hydrogen) atoms. The summed E-state index contributed by atoms with van der Waals surface area (Å²) in [5.74, 6) is -0.677. The molecular formula is C18H15ClFNO3S2. The first-order valence-corrected chi connectivity index (χ1v) is 10.3. The van der Waals surface area contributed by atoms with E-state index < -0.39 is 21.9 Å². The van der Waals surface area contributed by atoms with Crippen molar-refractivity contribution < 1.29 is 17.9 Å². The van der Waals surface area contributed by atoms with E-state index in [-0.39, 0.29) is 16.5 Å². The van der Waals surface area contributed by atoms with E-state index in [0.29, 0.717) is 0 Å². The van der Waals surface area contributed by atoms with Crippen LogP contribution < -0.4 is 4.72 Å². The van der Waals surface area contributed by atoms with Crippen molar-refractivity contribution in [3.8, 4) is 0 Å². The monoisotopic (exact) mass is 411 g/mol. The van der Waals surface area contributed by atoms with Gasteiger partial charge in [0.05, 0.1) is 9.92 Å². The van der Waals surface area contributed by atoms with Crippen LogP contribution in [0.1, 0.15) is 21.4 Å². The van der Waals surface area contributed by atoms with Gasteiger partial charge >= 0.3 is 0 Å². The second-order valence-corrected chi connectivity index (χ2v) is 8.89. The summed E-state index contributed by atoms with van der Waals surface area (Å²) in [5.41, 5.74) is 0.766. The molecule has 2 aromatic carbocycles. The fourth-order valence-corrected chi connectivity index (χ4v) is 4.67. The van der Waals surface area contributed by atoms with E-state index in [9.17, 15) is 17.9 Å². The van der Waals surface area contributed by atoms with Gasteiger partial charge in [-0.15, -0.1) is 11.3 Å². The minimum Gasteiger partial charge on any atom is -0.383 e. The van der Waals surface area contributed by atoms with Crippen molar-refractivity contribution >= 4 is 33.0 Å². The normalized spacial score (nSPS) is 12.9. The van der Waals surface area contributed by atoms with Gasteiger partial charge in [0.1, 0.15) is 11.9 Å². The van der Waals surface area contributed by atoms with Crippen molar-refractivity contribution in [1.82, 2.24) is 4.72 Å². The molecule has 1 unspecified atom stereocenters. The number of benzene rings is 2. The lowest BCUT2D eigenvalue weighted by atomic mass is 10.1. The Morgan fingerprint density at radius 1 is 1.12 bits per heavy atom. The van der Waals surface area contributed by atoms with Gasteiger partial charge in [0.2, 0.25) is 10.0 Å². The fraction of sp³-hybridized carbons (Fsp3) is 0.111. The molecule has 1 heterocycles. The van der Waals surface area contributed by atoms with Gasteiger partial charge in [0.25, 0.3) is 0 Å². The standard InChI is InChI=1S/C18H15ClFNO3S2/c19-15-10-14(7-8-16(15)20)26(23,24)21-11-13-6-9-17(25-13)18(22)12-4-2-1-3-5-12/h1-10,18,21-22H,11H2. The summed E-state index contributed by atoms with van der Waals surface area (Å²) in [6.45, 7) is 0.0590. The average molecular weight is 412 g/mol. The first-order valence-electron chi connectivity index (χ1n) is 7.63. The Hall–Kier alpha value is -1.77. The molecule has 0 radical (unpaired) electrons. The Morgan fingerprint density at radius 2 is 1.85 bits per heavy atom. The van der Waals surface area contributed by atoms with Crippen LogP contribution in [0.3, 0.4) is 0 Å². The van der Waals surface area contributed by atoms with Crippen molar-refractivity contribution in [2.45, 2.75) is 17.5 Å². The van der Waals surface area contributed by atoms with E-state index in [1.54, 1.807) is 12.1 Å². The van der Waals surface area contributed by atoms with Gasteiger partial charge in [-0.1, -0.05) is 41.9 Å². The number of aliphatic hydroxyl groups is 1. The molecular weight excluding hydrogens is 397 g/mol. The molecule has 4 nitrogen and oxygen atoms in total. The number of aliphatic hydroxyl groups excluding tert-OH is 1. The summed E-state index contributed by atoms with van der Waals surface area (Å²) in [7, 11) is -3.82. The van der Waals surface area contributed by atoms with Gasteiger partial charge in [-0.3, -0.25) is 0 Å². The molecule has 0 saturated heterocycles. The fourth-order valence-electron chi connectivity index (χ4n) is 2.33. The molecule has 0 amide bonds. The highest BCUT2D eigenvalue weighted by molar-refractivity contribution is 7.89. The number of hydrogen-bond donors (Lipinski definition) is 2. The zero-order valence-corrected chi connectivity index (χ0v) is 15.8. The molecule has 0 fully saturated rings. The molecule has 0 saturated carbocycles. The number of thiophene rings is 1. The summed E-state index contributed by atoms with van der Waals surface area (Å²) in [6.07, 6.45) is -0.762. The van der Waals surface area contributed by atoms with E-state index in [1.165, 1.54) is 11.3 Å².